The molecule has 1 atom stereocenters. The number of rotatable bonds is 0. The van der Waals surface area contributed by atoms with E-state index < -0.39 is 0 Å². The SMILES string of the molecule is CC(C)=C1CC[C@@H](C)/C(=C/O)C1=O. The minimum Gasteiger partial charge on any atom is -0.515 e. The molecule has 2 nitrogen and oxygen atoms in total. The van der Waals surface area contributed by atoms with Crippen LogP contribution in [0.1, 0.15) is 33.6 Å². The lowest BCUT2D eigenvalue weighted by atomic mass is 9.80. The van der Waals surface area contributed by atoms with E-state index >= 15 is 0 Å². The van der Waals surface area contributed by atoms with Crippen molar-refractivity contribution in [2.24, 2.45) is 5.92 Å². The summed E-state index contributed by atoms with van der Waals surface area (Å²) >= 11 is 0. The van der Waals surface area contributed by atoms with Crippen LogP contribution in [0, 0.1) is 5.92 Å². The van der Waals surface area contributed by atoms with Gasteiger partial charge in [-0.25, -0.2) is 0 Å². The quantitative estimate of drug-likeness (QED) is 0.459. The number of carbonyl (C=O) groups is 1. The van der Waals surface area contributed by atoms with Crippen molar-refractivity contribution in [3.05, 3.63) is 23.0 Å². The zero-order chi connectivity index (χ0) is 10.0. The van der Waals surface area contributed by atoms with Gasteiger partial charge in [0, 0.05) is 5.57 Å². The van der Waals surface area contributed by atoms with Crippen molar-refractivity contribution < 1.29 is 9.90 Å². The van der Waals surface area contributed by atoms with Gasteiger partial charge in [0.05, 0.1) is 6.26 Å². The van der Waals surface area contributed by atoms with Crippen molar-refractivity contribution in [3.63, 3.8) is 0 Å². The Morgan fingerprint density at radius 3 is 2.62 bits per heavy atom. The van der Waals surface area contributed by atoms with Gasteiger partial charge >= 0.3 is 0 Å². The predicted octanol–water partition coefficient (Wildman–Crippen LogP) is 2.76. The summed E-state index contributed by atoms with van der Waals surface area (Å²) in [5.74, 6) is 0.224. The molecule has 0 aliphatic heterocycles. The van der Waals surface area contributed by atoms with Crippen molar-refractivity contribution in [1.82, 2.24) is 0 Å². The second-order valence-corrected chi connectivity index (χ2v) is 3.83. The second-order valence-electron chi connectivity index (χ2n) is 3.83. The molecule has 1 aliphatic rings. The molecule has 1 N–H and O–H groups in total. The van der Waals surface area contributed by atoms with Gasteiger partial charge in [-0.1, -0.05) is 12.5 Å². The molecular weight excluding hydrogens is 164 g/mol. The van der Waals surface area contributed by atoms with Crippen LogP contribution in [-0.2, 0) is 4.79 Å². The third-order valence-corrected chi connectivity index (χ3v) is 2.64. The van der Waals surface area contributed by atoms with Gasteiger partial charge in [-0.3, -0.25) is 4.79 Å². The van der Waals surface area contributed by atoms with Crippen LogP contribution >= 0.6 is 0 Å². The molecule has 0 aromatic rings. The number of ketones is 1. The normalized spacial score (nSPS) is 26.7. The van der Waals surface area contributed by atoms with E-state index in [1.807, 2.05) is 20.8 Å². The van der Waals surface area contributed by atoms with Gasteiger partial charge < -0.3 is 5.11 Å². The van der Waals surface area contributed by atoms with Crippen LogP contribution in [0.25, 0.3) is 0 Å². The lowest BCUT2D eigenvalue weighted by molar-refractivity contribution is -0.113. The third kappa shape index (κ3) is 1.82. The largest absolute Gasteiger partial charge is 0.515 e. The van der Waals surface area contributed by atoms with Crippen LogP contribution in [-0.4, -0.2) is 10.9 Å². The Morgan fingerprint density at radius 1 is 1.54 bits per heavy atom. The average molecular weight is 180 g/mol. The maximum absolute atomic E-state index is 11.7. The molecule has 0 radical (unpaired) electrons. The summed E-state index contributed by atoms with van der Waals surface area (Å²) in [6.45, 7) is 5.86. The van der Waals surface area contributed by atoms with Gasteiger partial charge in [-0.05, 0) is 38.2 Å². The van der Waals surface area contributed by atoms with Crippen molar-refractivity contribution in [1.29, 1.82) is 0 Å². The fourth-order valence-electron chi connectivity index (χ4n) is 1.69. The molecule has 1 saturated carbocycles. The van der Waals surface area contributed by atoms with Crippen LogP contribution < -0.4 is 0 Å². The highest BCUT2D eigenvalue weighted by Gasteiger charge is 2.26. The van der Waals surface area contributed by atoms with Crippen molar-refractivity contribution in [2.75, 3.05) is 0 Å². The lowest BCUT2D eigenvalue weighted by Gasteiger charge is -2.22. The van der Waals surface area contributed by atoms with E-state index in [9.17, 15) is 4.79 Å². The molecule has 72 valence electrons. The topological polar surface area (TPSA) is 37.3 Å². The first-order valence-electron chi connectivity index (χ1n) is 4.63. The molecule has 13 heavy (non-hydrogen) atoms. The summed E-state index contributed by atoms with van der Waals surface area (Å²) in [5, 5.41) is 8.93. The molecule has 0 unspecified atom stereocenters. The highest BCUT2D eigenvalue weighted by Crippen LogP contribution is 2.30. The molecule has 0 bridgehead atoms. The second kappa shape index (κ2) is 3.77. The van der Waals surface area contributed by atoms with Gasteiger partial charge in [0.2, 0.25) is 0 Å². The molecule has 0 spiro atoms. The summed E-state index contributed by atoms with van der Waals surface area (Å²) < 4.78 is 0. The highest BCUT2D eigenvalue weighted by atomic mass is 16.2. The standard InChI is InChI=1S/C11H16O2/c1-7(2)9-5-4-8(3)10(6-12)11(9)13/h6,8,12H,4-5H2,1-3H3/b10-6-/t8-/m1/s1. The van der Waals surface area contributed by atoms with Gasteiger partial charge in [-0.15, -0.1) is 0 Å². The Balaban J connectivity index is 3.03. The summed E-state index contributed by atoms with van der Waals surface area (Å²) in [6, 6.07) is 0. The zero-order valence-electron chi connectivity index (χ0n) is 8.42. The van der Waals surface area contributed by atoms with Crippen LogP contribution in [0.2, 0.25) is 0 Å². The van der Waals surface area contributed by atoms with Gasteiger partial charge in [0.15, 0.2) is 5.78 Å². The third-order valence-electron chi connectivity index (χ3n) is 2.64. The average Bonchev–Trinajstić information content (AvgIpc) is 2.04. The summed E-state index contributed by atoms with van der Waals surface area (Å²) in [6.07, 6.45) is 2.77. The maximum atomic E-state index is 11.7. The minimum atomic E-state index is 0.0289. The Labute approximate surface area is 79.0 Å². The Morgan fingerprint density at radius 2 is 2.15 bits per heavy atom. The number of Topliss-reactive ketones (excluding diaryl/α,β-unsaturated/α-hetero) is 1. The minimum absolute atomic E-state index is 0.0289. The predicted molar refractivity (Wildman–Crippen MR) is 52.5 cm³/mol. The molecule has 2 heteroatoms. The van der Waals surface area contributed by atoms with E-state index in [1.54, 1.807) is 0 Å². The van der Waals surface area contributed by atoms with Crippen LogP contribution in [0.4, 0.5) is 0 Å². The summed E-state index contributed by atoms with van der Waals surface area (Å²) in [7, 11) is 0. The Kier molecular flexibility index (Phi) is 2.91. The highest BCUT2D eigenvalue weighted by molar-refractivity contribution is 6.09. The van der Waals surface area contributed by atoms with E-state index in [-0.39, 0.29) is 11.7 Å². The number of aliphatic hydroxyl groups excluding tert-OH is 1. The van der Waals surface area contributed by atoms with E-state index in [0.717, 1.165) is 30.2 Å². The first kappa shape index (κ1) is 10.0. The fraction of sp³-hybridized carbons (Fsp3) is 0.545. The van der Waals surface area contributed by atoms with Gasteiger partial charge in [0.1, 0.15) is 0 Å². The Hall–Kier alpha value is -1.05. The molecule has 0 aromatic heterocycles. The molecule has 0 aromatic carbocycles. The molecular formula is C11H16O2. The van der Waals surface area contributed by atoms with Gasteiger partial charge in [0.25, 0.3) is 0 Å². The number of hydrogen-bond donors (Lipinski definition) is 1. The van der Waals surface area contributed by atoms with E-state index in [0.29, 0.717) is 5.57 Å². The first-order valence-corrected chi connectivity index (χ1v) is 4.63. The molecule has 0 amide bonds. The zero-order valence-corrected chi connectivity index (χ0v) is 8.42. The van der Waals surface area contributed by atoms with Crippen LogP contribution in [0.15, 0.2) is 23.0 Å². The summed E-state index contributed by atoms with van der Waals surface area (Å²) in [4.78, 5) is 11.7. The van der Waals surface area contributed by atoms with Crippen molar-refractivity contribution >= 4 is 5.78 Å². The molecule has 1 rings (SSSR count). The van der Waals surface area contributed by atoms with Gasteiger partial charge in [-0.2, -0.15) is 0 Å². The molecule has 0 saturated heterocycles. The van der Waals surface area contributed by atoms with Crippen molar-refractivity contribution in [2.45, 2.75) is 33.6 Å². The molecule has 1 fully saturated rings. The molecule has 0 heterocycles. The fourth-order valence-corrected chi connectivity index (χ4v) is 1.69. The van der Waals surface area contributed by atoms with Crippen LogP contribution in [0.3, 0.4) is 0 Å². The Bertz CT molecular complexity index is 280. The monoisotopic (exact) mass is 180 g/mol. The maximum Gasteiger partial charge on any atom is 0.188 e. The number of hydrogen-bond acceptors (Lipinski definition) is 2. The van der Waals surface area contributed by atoms with Crippen LogP contribution in [0.5, 0.6) is 0 Å². The smallest absolute Gasteiger partial charge is 0.188 e. The number of allylic oxidation sites excluding steroid dienone is 3. The molecule has 1 aliphatic carbocycles. The number of carbonyl (C=O) groups excluding carboxylic acids is 1. The van der Waals surface area contributed by atoms with E-state index in [2.05, 4.69) is 0 Å². The number of aliphatic hydroxyl groups is 1. The lowest BCUT2D eigenvalue weighted by Crippen LogP contribution is -2.20. The van der Waals surface area contributed by atoms with E-state index in [1.165, 1.54) is 0 Å². The first-order chi connectivity index (χ1) is 6.07. The summed E-state index contributed by atoms with van der Waals surface area (Å²) in [5.41, 5.74) is 2.50. The van der Waals surface area contributed by atoms with Crippen molar-refractivity contribution in [3.8, 4) is 0 Å². The van der Waals surface area contributed by atoms with E-state index in [4.69, 9.17) is 5.11 Å².